The Bertz CT molecular complexity index is 675. The van der Waals surface area contributed by atoms with Crippen LogP contribution in [0.1, 0.15) is 5.56 Å². The van der Waals surface area contributed by atoms with Crippen LogP contribution in [0.15, 0.2) is 36.4 Å². The Balaban J connectivity index is 1.97. The van der Waals surface area contributed by atoms with Crippen molar-refractivity contribution in [3.63, 3.8) is 0 Å². The summed E-state index contributed by atoms with van der Waals surface area (Å²) < 4.78 is 5.35. The van der Waals surface area contributed by atoms with Crippen LogP contribution in [0.2, 0.25) is 10.0 Å². The van der Waals surface area contributed by atoms with E-state index in [1.54, 1.807) is 36.4 Å². The molecule has 4 nitrogen and oxygen atoms in total. The molecule has 0 atom stereocenters. The summed E-state index contributed by atoms with van der Waals surface area (Å²) in [6.07, 6.45) is 0. The van der Waals surface area contributed by atoms with E-state index in [9.17, 15) is 4.79 Å². The van der Waals surface area contributed by atoms with Gasteiger partial charge in [-0.2, -0.15) is 0 Å². The van der Waals surface area contributed by atoms with Crippen LogP contribution in [0, 0.1) is 6.92 Å². The number of carbonyl (C=O) groups excluding carboxylic acids is 1. The van der Waals surface area contributed by atoms with Crippen LogP contribution >= 0.6 is 23.2 Å². The van der Waals surface area contributed by atoms with Gasteiger partial charge in [-0.1, -0.05) is 29.3 Å². The minimum absolute atomic E-state index is 0.148. The van der Waals surface area contributed by atoms with Crippen molar-refractivity contribution >= 4 is 40.5 Å². The Morgan fingerprint density at radius 2 is 2.00 bits per heavy atom. The van der Waals surface area contributed by atoms with Crippen molar-refractivity contribution in [1.82, 2.24) is 0 Å². The maximum absolute atomic E-state index is 11.9. The molecule has 0 heterocycles. The highest BCUT2D eigenvalue weighted by atomic mass is 35.5. The number of aryl methyl sites for hydroxylation is 1. The minimum atomic E-state index is -0.334. The Kier molecular flexibility index (Phi) is 4.94. The van der Waals surface area contributed by atoms with Crippen LogP contribution < -0.4 is 15.8 Å². The number of carbonyl (C=O) groups is 1. The predicted molar refractivity (Wildman–Crippen MR) is 86.2 cm³/mol. The number of benzene rings is 2. The maximum Gasteiger partial charge on any atom is 0.262 e. The van der Waals surface area contributed by atoms with Gasteiger partial charge in [0, 0.05) is 16.8 Å². The first kappa shape index (κ1) is 15.5. The first-order valence-corrected chi connectivity index (χ1v) is 6.95. The maximum atomic E-state index is 11.9. The van der Waals surface area contributed by atoms with E-state index in [1.165, 1.54) is 0 Å². The molecule has 6 heteroatoms. The van der Waals surface area contributed by atoms with Gasteiger partial charge in [0.05, 0.1) is 10.7 Å². The normalized spacial score (nSPS) is 10.2. The van der Waals surface area contributed by atoms with Gasteiger partial charge in [0.2, 0.25) is 0 Å². The van der Waals surface area contributed by atoms with Crippen molar-refractivity contribution in [2.75, 3.05) is 17.7 Å². The molecule has 21 heavy (non-hydrogen) atoms. The highest BCUT2D eigenvalue weighted by molar-refractivity contribution is 6.36. The summed E-state index contributed by atoms with van der Waals surface area (Å²) in [6, 6.07) is 10.2. The lowest BCUT2D eigenvalue weighted by molar-refractivity contribution is -0.118. The summed E-state index contributed by atoms with van der Waals surface area (Å²) >= 11 is 12.1. The molecule has 0 unspecified atom stereocenters. The van der Waals surface area contributed by atoms with Gasteiger partial charge in [-0.25, -0.2) is 0 Å². The van der Waals surface area contributed by atoms with Gasteiger partial charge in [0.15, 0.2) is 6.61 Å². The molecule has 2 aromatic rings. The molecular formula is C15H14Cl2N2O2. The molecule has 0 spiro atoms. The van der Waals surface area contributed by atoms with E-state index < -0.39 is 0 Å². The summed E-state index contributed by atoms with van der Waals surface area (Å²) in [4.78, 5) is 11.9. The van der Waals surface area contributed by atoms with E-state index in [2.05, 4.69) is 5.32 Å². The lowest BCUT2D eigenvalue weighted by Gasteiger charge is -2.10. The van der Waals surface area contributed by atoms with E-state index in [4.69, 9.17) is 33.7 Å². The number of anilines is 2. The summed E-state index contributed by atoms with van der Waals surface area (Å²) in [5.41, 5.74) is 7.49. The molecule has 2 aromatic carbocycles. The van der Waals surface area contributed by atoms with Crippen molar-refractivity contribution < 1.29 is 9.53 Å². The third-order valence-electron chi connectivity index (χ3n) is 2.75. The molecule has 0 fully saturated rings. The monoisotopic (exact) mass is 324 g/mol. The van der Waals surface area contributed by atoms with E-state index >= 15 is 0 Å². The number of nitrogens with one attached hydrogen (secondary N) is 1. The zero-order chi connectivity index (χ0) is 15.4. The molecule has 0 bridgehead atoms. The Hall–Kier alpha value is -1.91. The quantitative estimate of drug-likeness (QED) is 0.838. The standard InChI is InChI=1S/C15H14Cl2N2O2/c1-9-5-13(17)14(7-12(9)16)19-15(20)8-21-11-4-2-3-10(18)6-11/h2-7H,8,18H2,1H3,(H,19,20). The molecule has 0 radical (unpaired) electrons. The van der Waals surface area contributed by atoms with E-state index in [0.29, 0.717) is 27.2 Å². The van der Waals surface area contributed by atoms with Gasteiger partial charge >= 0.3 is 0 Å². The number of nitrogens with two attached hydrogens (primary N) is 1. The van der Waals surface area contributed by atoms with Crippen molar-refractivity contribution in [2.24, 2.45) is 0 Å². The average molecular weight is 325 g/mol. The van der Waals surface area contributed by atoms with Crippen LogP contribution in [0.4, 0.5) is 11.4 Å². The molecule has 2 rings (SSSR count). The van der Waals surface area contributed by atoms with Gasteiger partial charge in [-0.05, 0) is 36.8 Å². The second-order valence-corrected chi connectivity index (χ2v) is 5.30. The van der Waals surface area contributed by atoms with Gasteiger partial charge in [0.1, 0.15) is 5.75 Å². The van der Waals surface area contributed by atoms with Crippen molar-refractivity contribution in [3.05, 3.63) is 52.0 Å². The topological polar surface area (TPSA) is 64.3 Å². The smallest absolute Gasteiger partial charge is 0.262 e. The summed E-state index contributed by atoms with van der Waals surface area (Å²) in [6.45, 7) is 1.69. The number of ether oxygens (including phenoxy) is 1. The lowest BCUT2D eigenvalue weighted by atomic mass is 10.2. The molecule has 0 saturated heterocycles. The number of hydrogen-bond acceptors (Lipinski definition) is 3. The number of nitrogen functional groups attached to an aromatic ring is 1. The second kappa shape index (κ2) is 6.70. The fourth-order valence-electron chi connectivity index (χ4n) is 1.68. The van der Waals surface area contributed by atoms with Crippen molar-refractivity contribution in [2.45, 2.75) is 6.92 Å². The van der Waals surface area contributed by atoms with Crippen molar-refractivity contribution in [3.8, 4) is 5.75 Å². The molecule has 0 aromatic heterocycles. The molecule has 110 valence electrons. The van der Waals surface area contributed by atoms with Gasteiger partial charge in [0.25, 0.3) is 5.91 Å². The number of rotatable bonds is 4. The van der Waals surface area contributed by atoms with Crippen LogP contribution in [0.5, 0.6) is 5.75 Å². The molecular weight excluding hydrogens is 311 g/mol. The number of hydrogen-bond donors (Lipinski definition) is 2. The van der Waals surface area contributed by atoms with Crippen molar-refractivity contribution in [1.29, 1.82) is 0 Å². The fourth-order valence-corrected chi connectivity index (χ4v) is 2.11. The zero-order valence-electron chi connectivity index (χ0n) is 11.3. The Labute approximate surface area is 132 Å². The third-order valence-corrected chi connectivity index (χ3v) is 3.47. The number of halogens is 2. The first-order chi connectivity index (χ1) is 9.95. The number of amides is 1. The third kappa shape index (κ3) is 4.28. The largest absolute Gasteiger partial charge is 0.484 e. The SMILES string of the molecule is Cc1cc(Cl)c(NC(=O)COc2cccc(N)c2)cc1Cl. The summed E-state index contributed by atoms with van der Waals surface area (Å²) in [7, 11) is 0. The highest BCUT2D eigenvalue weighted by Crippen LogP contribution is 2.28. The summed E-state index contributed by atoms with van der Waals surface area (Å²) in [5, 5.41) is 3.61. The second-order valence-electron chi connectivity index (χ2n) is 4.49. The van der Waals surface area contributed by atoms with E-state index in [1.807, 2.05) is 6.92 Å². The van der Waals surface area contributed by atoms with Crippen LogP contribution in [-0.2, 0) is 4.79 Å². The van der Waals surface area contributed by atoms with Gasteiger partial charge in [-0.3, -0.25) is 4.79 Å². The predicted octanol–water partition coefficient (Wildman–Crippen LogP) is 3.90. The molecule has 0 aliphatic heterocycles. The highest BCUT2D eigenvalue weighted by Gasteiger charge is 2.09. The van der Waals surface area contributed by atoms with Crippen LogP contribution in [0.25, 0.3) is 0 Å². The Morgan fingerprint density at radius 1 is 1.24 bits per heavy atom. The first-order valence-electron chi connectivity index (χ1n) is 6.19. The fraction of sp³-hybridized carbons (Fsp3) is 0.133. The Morgan fingerprint density at radius 3 is 2.71 bits per heavy atom. The summed E-state index contributed by atoms with van der Waals surface area (Å²) in [5.74, 6) is 0.192. The van der Waals surface area contributed by atoms with Crippen LogP contribution in [0.3, 0.4) is 0 Å². The molecule has 3 N–H and O–H groups in total. The van der Waals surface area contributed by atoms with Crippen LogP contribution in [-0.4, -0.2) is 12.5 Å². The molecule has 0 saturated carbocycles. The minimum Gasteiger partial charge on any atom is -0.484 e. The van der Waals surface area contributed by atoms with E-state index in [-0.39, 0.29) is 12.5 Å². The average Bonchev–Trinajstić information content (AvgIpc) is 2.43. The molecule has 0 aliphatic carbocycles. The van der Waals surface area contributed by atoms with E-state index in [0.717, 1.165) is 5.56 Å². The lowest BCUT2D eigenvalue weighted by Crippen LogP contribution is -2.20. The van der Waals surface area contributed by atoms with Gasteiger partial charge < -0.3 is 15.8 Å². The zero-order valence-corrected chi connectivity index (χ0v) is 12.8. The van der Waals surface area contributed by atoms with Gasteiger partial charge in [-0.15, -0.1) is 0 Å². The molecule has 0 aliphatic rings. The molecule has 1 amide bonds.